The van der Waals surface area contributed by atoms with Crippen LogP contribution in [0.1, 0.15) is 12.8 Å². The number of rotatable bonds is 3. The molecule has 108 valence electrons. The second kappa shape index (κ2) is 5.79. The first kappa shape index (κ1) is 14.0. The number of hydrogen-bond acceptors (Lipinski definition) is 4. The topological polar surface area (TPSA) is 57.3 Å². The molecule has 6 heteroatoms. The fourth-order valence-corrected chi connectivity index (χ4v) is 3.38. The Kier molecular flexibility index (Phi) is 4.05. The Morgan fingerprint density at radius 3 is 3.10 bits per heavy atom. The van der Waals surface area contributed by atoms with E-state index in [0.717, 1.165) is 30.7 Å². The van der Waals surface area contributed by atoms with Crippen LogP contribution in [0.5, 0.6) is 0 Å². The molecule has 0 saturated carbocycles. The molecule has 3 rings (SSSR count). The summed E-state index contributed by atoms with van der Waals surface area (Å²) in [5.74, 6) is 0.623. The van der Waals surface area contributed by atoms with Gasteiger partial charge in [-0.3, -0.25) is 9.69 Å². The Bertz CT molecular complexity index is 484. The predicted octanol–water partition coefficient (Wildman–Crippen LogP) is 1.47. The van der Waals surface area contributed by atoms with E-state index in [1.54, 1.807) is 12.3 Å². The van der Waals surface area contributed by atoms with Crippen molar-refractivity contribution < 1.29 is 4.79 Å². The van der Waals surface area contributed by atoms with Crippen LogP contribution in [0.15, 0.2) is 22.8 Å². The van der Waals surface area contributed by atoms with Gasteiger partial charge in [0.1, 0.15) is 5.82 Å². The van der Waals surface area contributed by atoms with Crippen molar-refractivity contribution >= 4 is 27.7 Å². The summed E-state index contributed by atoms with van der Waals surface area (Å²) in [4.78, 5) is 18.4. The Hall–Kier alpha value is -0.980. The zero-order valence-corrected chi connectivity index (χ0v) is 12.9. The predicted molar refractivity (Wildman–Crippen MR) is 81.5 cm³/mol. The van der Waals surface area contributed by atoms with Gasteiger partial charge in [-0.05, 0) is 59.4 Å². The van der Waals surface area contributed by atoms with Crippen LogP contribution in [0, 0.1) is 5.41 Å². The van der Waals surface area contributed by atoms with Crippen molar-refractivity contribution in [3.63, 3.8) is 0 Å². The molecular weight excluding hydrogens is 320 g/mol. The molecule has 0 aromatic carbocycles. The van der Waals surface area contributed by atoms with Gasteiger partial charge >= 0.3 is 0 Å². The van der Waals surface area contributed by atoms with Gasteiger partial charge in [-0.1, -0.05) is 0 Å². The summed E-state index contributed by atoms with van der Waals surface area (Å²) in [5.41, 5.74) is 0.413. The van der Waals surface area contributed by atoms with Gasteiger partial charge in [-0.25, -0.2) is 4.98 Å². The first-order valence-electron chi connectivity index (χ1n) is 7.00. The van der Waals surface area contributed by atoms with Crippen molar-refractivity contribution in [2.45, 2.75) is 12.8 Å². The first-order chi connectivity index (χ1) is 9.65. The summed E-state index contributed by atoms with van der Waals surface area (Å²) in [7, 11) is 0. The third kappa shape index (κ3) is 3.19. The molecular formula is C14H19BrN4O. The van der Waals surface area contributed by atoms with Crippen LogP contribution >= 0.6 is 15.9 Å². The molecule has 2 aliphatic heterocycles. The molecule has 2 aliphatic rings. The molecule has 1 aromatic heterocycles. The minimum Gasteiger partial charge on any atom is -0.316 e. The third-order valence-electron chi connectivity index (χ3n) is 4.21. The highest BCUT2D eigenvalue weighted by Gasteiger charge is 2.40. The molecule has 0 radical (unpaired) electrons. The molecule has 1 aromatic rings. The van der Waals surface area contributed by atoms with Gasteiger partial charge < -0.3 is 10.6 Å². The molecule has 20 heavy (non-hydrogen) atoms. The van der Waals surface area contributed by atoms with Crippen LogP contribution < -0.4 is 10.6 Å². The van der Waals surface area contributed by atoms with Crippen molar-refractivity contribution in [3.05, 3.63) is 22.8 Å². The summed E-state index contributed by atoms with van der Waals surface area (Å²) < 4.78 is 0.908. The maximum absolute atomic E-state index is 12.0. The SMILES string of the molecule is O=C(CN1CCC2(CCNC2)C1)Nc1ccc(Br)cn1. The fourth-order valence-electron chi connectivity index (χ4n) is 3.14. The minimum absolute atomic E-state index is 0.0165. The number of carbonyl (C=O) groups excluding carboxylic acids is 1. The van der Waals surface area contributed by atoms with E-state index in [1.807, 2.05) is 6.07 Å². The highest BCUT2D eigenvalue weighted by atomic mass is 79.9. The number of nitrogens with zero attached hydrogens (tertiary/aromatic N) is 2. The Balaban J connectivity index is 1.51. The van der Waals surface area contributed by atoms with Crippen molar-refractivity contribution in [1.82, 2.24) is 15.2 Å². The molecule has 5 nitrogen and oxygen atoms in total. The van der Waals surface area contributed by atoms with Gasteiger partial charge in [0.25, 0.3) is 0 Å². The van der Waals surface area contributed by atoms with Gasteiger partial charge in [0.05, 0.1) is 6.54 Å². The highest BCUT2D eigenvalue weighted by Crippen LogP contribution is 2.35. The minimum atomic E-state index is 0.0165. The zero-order chi connectivity index (χ0) is 14.0. The molecule has 1 atom stereocenters. The number of anilines is 1. The lowest BCUT2D eigenvalue weighted by molar-refractivity contribution is -0.117. The zero-order valence-electron chi connectivity index (χ0n) is 11.4. The van der Waals surface area contributed by atoms with Gasteiger partial charge in [0.2, 0.25) is 5.91 Å². The molecule has 2 N–H and O–H groups in total. The van der Waals surface area contributed by atoms with Crippen LogP contribution in [0.25, 0.3) is 0 Å². The summed E-state index contributed by atoms with van der Waals surface area (Å²) in [5, 5.41) is 6.28. The van der Waals surface area contributed by atoms with E-state index in [4.69, 9.17) is 0 Å². The maximum Gasteiger partial charge on any atom is 0.239 e. The second-order valence-electron chi connectivity index (χ2n) is 5.80. The van der Waals surface area contributed by atoms with Crippen molar-refractivity contribution in [1.29, 1.82) is 0 Å². The van der Waals surface area contributed by atoms with E-state index in [-0.39, 0.29) is 5.91 Å². The van der Waals surface area contributed by atoms with E-state index in [0.29, 0.717) is 17.8 Å². The molecule has 1 unspecified atom stereocenters. The Labute approximate surface area is 127 Å². The molecule has 0 aliphatic carbocycles. The molecule has 3 heterocycles. The standard InChI is InChI=1S/C14H19BrN4O/c15-11-1-2-12(17-7-11)18-13(20)8-19-6-4-14(10-19)3-5-16-9-14/h1-2,7,16H,3-6,8-10H2,(H,17,18,20). The number of nitrogens with one attached hydrogen (secondary N) is 2. The van der Waals surface area contributed by atoms with Crippen molar-refractivity contribution in [2.24, 2.45) is 5.41 Å². The molecule has 2 saturated heterocycles. The Morgan fingerprint density at radius 1 is 1.50 bits per heavy atom. The monoisotopic (exact) mass is 338 g/mol. The largest absolute Gasteiger partial charge is 0.316 e. The van der Waals surface area contributed by atoms with E-state index < -0.39 is 0 Å². The summed E-state index contributed by atoms with van der Waals surface area (Å²) in [6, 6.07) is 3.67. The van der Waals surface area contributed by atoms with E-state index in [9.17, 15) is 4.79 Å². The molecule has 1 spiro atoms. The van der Waals surface area contributed by atoms with Crippen LogP contribution in [0.2, 0.25) is 0 Å². The number of aromatic nitrogens is 1. The second-order valence-corrected chi connectivity index (χ2v) is 6.71. The van der Waals surface area contributed by atoms with E-state index >= 15 is 0 Å². The van der Waals surface area contributed by atoms with Gasteiger partial charge in [-0.2, -0.15) is 0 Å². The van der Waals surface area contributed by atoms with Gasteiger partial charge in [0, 0.05) is 23.8 Å². The lowest BCUT2D eigenvalue weighted by Crippen LogP contribution is -2.34. The molecule has 0 bridgehead atoms. The van der Waals surface area contributed by atoms with Crippen LogP contribution in [0.3, 0.4) is 0 Å². The van der Waals surface area contributed by atoms with Crippen LogP contribution in [0.4, 0.5) is 5.82 Å². The van der Waals surface area contributed by atoms with Crippen LogP contribution in [-0.2, 0) is 4.79 Å². The van der Waals surface area contributed by atoms with Crippen molar-refractivity contribution in [3.8, 4) is 0 Å². The number of halogens is 1. The number of amides is 1. The first-order valence-corrected chi connectivity index (χ1v) is 7.79. The van der Waals surface area contributed by atoms with Gasteiger partial charge in [0.15, 0.2) is 0 Å². The third-order valence-corrected chi connectivity index (χ3v) is 4.68. The number of hydrogen-bond donors (Lipinski definition) is 2. The number of pyridine rings is 1. The van der Waals surface area contributed by atoms with Gasteiger partial charge in [-0.15, -0.1) is 0 Å². The van der Waals surface area contributed by atoms with E-state index in [1.165, 1.54) is 12.8 Å². The highest BCUT2D eigenvalue weighted by molar-refractivity contribution is 9.10. The average molecular weight is 339 g/mol. The number of likely N-dealkylation sites (tertiary alicyclic amines) is 1. The van der Waals surface area contributed by atoms with E-state index in [2.05, 4.69) is 36.4 Å². The summed E-state index contributed by atoms with van der Waals surface area (Å²) in [6.45, 7) is 4.71. The lowest BCUT2D eigenvalue weighted by Gasteiger charge is -2.22. The maximum atomic E-state index is 12.0. The smallest absolute Gasteiger partial charge is 0.239 e. The normalized spacial score (nSPS) is 26.2. The van der Waals surface area contributed by atoms with Crippen molar-refractivity contribution in [2.75, 3.05) is 38.0 Å². The quantitative estimate of drug-likeness (QED) is 0.876. The molecule has 1 amide bonds. The fraction of sp³-hybridized carbons (Fsp3) is 0.571. The molecule has 2 fully saturated rings. The summed E-state index contributed by atoms with van der Waals surface area (Å²) >= 11 is 3.33. The average Bonchev–Trinajstić information content (AvgIpc) is 3.03. The summed E-state index contributed by atoms with van der Waals surface area (Å²) in [6.07, 6.45) is 4.12. The number of carbonyl (C=O) groups is 1. The van der Waals surface area contributed by atoms with Crippen LogP contribution in [-0.4, -0.2) is 48.5 Å². The Morgan fingerprint density at radius 2 is 2.40 bits per heavy atom. The lowest BCUT2D eigenvalue weighted by atomic mass is 9.87.